The van der Waals surface area contributed by atoms with Crippen molar-refractivity contribution in [3.8, 4) is 29.0 Å². The van der Waals surface area contributed by atoms with E-state index < -0.39 is 34.8 Å². The molecule has 0 unspecified atom stereocenters. The third-order valence-electron chi connectivity index (χ3n) is 3.93. The number of rotatable bonds is 3. The van der Waals surface area contributed by atoms with E-state index in [9.17, 15) is 22.0 Å². The predicted octanol–water partition coefficient (Wildman–Crippen LogP) is 6.02. The van der Waals surface area contributed by atoms with Crippen LogP contribution in [0.25, 0.3) is 11.3 Å². The van der Waals surface area contributed by atoms with Crippen molar-refractivity contribution in [3.63, 3.8) is 0 Å². The van der Waals surface area contributed by atoms with Crippen LogP contribution in [0.15, 0.2) is 48.5 Å². The third-order valence-corrected chi connectivity index (χ3v) is 3.93. The lowest BCUT2D eigenvalue weighted by Crippen LogP contribution is -2.05. The molecule has 3 aromatic rings. The molecule has 1 aromatic heterocycles. The normalized spacial score (nSPS) is 11.2. The Bertz CT molecular complexity index is 1070. The molecule has 1 heterocycles. The van der Waals surface area contributed by atoms with Gasteiger partial charge in [-0.15, -0.1) is 0 Å². The van der Waals surface area contributed by atoms with Crippen molar-refractivity contribution in [3.05, 3.63) is 76.9 Å². The maximum atomic E-state index is 14.5. The summed E-state index contributed by atoms with van der Waals surface area (Å²) in [5, 5.41) is 8.91. The van der Waals surface area contributed by atoms with Crippen LogP contribution in [0.1, 0.15) is 16.7 Å². The molecule has 2 aromatic carbocycles. The first-order valence-electron chi connectivity index (χ1n) is 7.92. The molecule has 0 aliphatic carbocycles. The van der Waals surface area contributed by atoms with Crippen LogP contribution in [0.2, 0.25) is 0 Å². The molecule has 0 saturated carbocycles. The summed E-state index contributed by atoms with van der Waals surface area (Å²) in [7, 11) is 0. The minimum absolute atomic E-state index is 0.0317. The Balaban J connectivity index is 2.04. The largest absolute Gasteiger partial charge is 0.436 e. The van der Waals surface area contributed by atoms with Gasteiger partial charge in [0.05, 0.1) is 17.2 Å². The van der Waals surface area contributed by atoms with Gasteiger partial charge in [-0.3, -0.25) is 0 Å². The lowest BCUT2D eigenvalue weighted by atomic mass is 10.1. The standard InChI is InChI=1S/C20H11F5N2O/c1-11-16(21)18(13-5-7-14(8-6-13)20(23,24)25)27-19(17(11)22)28-15-4-2-3-12(9-15)10-26/h2-9H,1H3. The quantitative estimate of drug-likeness (QED) is 0.514. The Morgan fingerprint density at radius 2 is 1.68 bits per heavy atom. The summed E-state index contributed by atoms with van der Waals surface area (Å²) in [6.07, 6.45) is -4.54. The Hall–Kier alpha value is -3.47. The molecule has 0 spiro atoms. The zero-order valence-corrected chi connectivity index (χ0v) is 14.3. The monoisotopic (exact) mass is 390 g/mol. The second-order valence-corrected chi connectivity index (χ2v) is 5.84. The fourth-order valence-corrected chi connectivity index (χ4v) is 2.45. The lowest BCUT2D eigenvalue weighted by Gasteiger charge is -2.13. The van der Waals surface area contributed by atoms with Gasteiger partial charge in [0.1, 0.15) is 11.4 Å². The van der Waals surface area contributed by atoms with Crippen LogP contribution in [0, 0.1) is 29.9 Å². The van der Waals surface area contributed by atoms with Crippen molar-refractivity contribution >= 4 is 0 Å². The highest BCUT2D eigenvalue weighted by Gasteiger charge is 2.30. The summed E-state index contributed by atoms with van der Waals surface area (Å²) in [5.41, 5.74) is -1.35. The number of halogens is 5. The van der Waals surface area contributed by atoms with Gasteiger partial charge in [0.25, 0.3) is 5.88 Å². The summed E-state index contributed by atoms with van der Waals surface area (Å²) in [5.74, 6) is -2.50. The number of nitriles is 1. The number of alkyl halides is 3. The minimum atomic E-state index is -4.54. The average molecular weight is 390 g/mol. The van der Waals surface area contributed by atoms with Gasteiger partial charge < -0.3 is 4.74 Å². The molecule has 3 nitrogen and oxygen atoms in total. The molecule has 0 amide bonds. The van der Waals surface area contributed by atoms with Gasteiger partial charge in [0, 0.05) is 11.1 Å². The smallest absolute Gasteiger partial charge is 0.416 e. The van der Waals surface area contributed by atoms with Gasteiger partial charge in [0.15, 0.2) is 11.6 Å². The van der Waals surface area contributed by atoms with Gasteiger partial charge in [-0.1, -0.05) is 18.2 Å². The van der Waals surface area contributed by atoms with E-state index in [1.807, 2.05) is 6.07 Å². The van der Waals surface area contributed by atoms with Crippen LogP contribution in [-0.4, -0.2) is 4.98 Å². The zero-order chi connectivity index (χ0) is 20.5. The first-order valence-corrected chi connectivity index (χ1v) is 7.92. The fourth-order valence-electron chi connectivity index (χ4n) is 2.45. The highest BCUT2D eigenvalue weighted by atomic mass is 19.4. The van der Waals surface area contributed by atoms with E-state index in [-0.39, 0.29) is 22.6 Å². The molecule has 0 aliphatic heterocycles. The van der Waals surface area contributed by atoms with E-state index in [1.165, 1.54) is 31.2 Å². The van der Waals surface area contributed by atoms with E-state index in [4.69, 9.17) is 10.00 Å². The maximum Gasteiger partial charge on any atom is 0.416 e. The average Bonchev–Trinajstić information content (AvgIpc) is 2.68. The minimum Gasteiger partial charge on any atom is -0.436 e. The molecular formula is C20H11F5N2O. The molecule has 0 bridgehead atoms. The van der Waals surface area contributed by atoms with Crippen molar-refractivity contribution in [2.45, 2.75) is 13.1 Å². The second-order valence-electron chi connectivity index (χ2n) is 5.84. The van der Waals surface area contributed by atoms with Gasteiger partial charge >= 0.3 is 6.18 Å². The number of aromatic nitrogens is 1. The first-order chi connectivity index (χ1) is 13.2. The molecule has 0 N–H and O–H groups in total. The number of ether oxygens (including phenoxy) is 1. The van der Waals surface area contributed by atoms with Gasteiger partial charge in [0.2, 0.25) is 0 Å². The van der Waals surface area contributed by atoms with E-state index >= 15 is 0 Å². The van der Waals surface area contributed by atoms with E-state index in [2.05, 4.69) is 4.98 Å². The molecule has 0 saturated heterocycles. The topological polar surface area (TPSA) is 45.9 Å². The highest BCUT2D eigenvalue weighted by Crippen LogP contribution is 2.34. The Morgan fingerprint density at radius 3 is 2.29 bits per heavy atom. The summed E-state index contributed by atoms with van der Waals surface area (Å²) in [6.45, 7) is 1.17. The number of hydrogen-bond acceptors (Lipinski definition) is 3. The summed E-state index contributed by atoms with van der Waals surface area (Å²) < 4.78 is 72.4. The Labute approximate surface area is 156 Å². The van der Waals surface area contributed by atoms with Crippen LogP contribution in [0.3, 0.4) is 0 Å². The highest BCUT2D eigenvalue weighted by molar-refractivity contribution is 5.62. The van der Waals surface area contributed by atoms with E-state index in [1.54, 1.807) is 0 Å². The molecular weight excluding hydrogens is 379 g/mol. The number of benzene rings is 2. The van der Waals surface area contributed by atoms with E-state index in [0.29, 0.717) is 0 Å². The van der Waals surface area contributed by atoms with Crippen molar-refractivity contribution in [2.24, 2.45) is 0 Å². The number of pyridine rings is 1. The zero-order valence-electron chi connectivity index (χ0n) is 14.3. The Kier molecular flexibility index (Phi) is 5.01. The van der Waals surface area contributed by atoms with Gasteiger partial charge in [-0.25, -0.2) is 13.8 Å². The van der Waals surface area contributed by atoms with Crippen molar-refractivity contribution < 1.29 is 26.7 Å². The van der Waals surface area contributed by atoms with Crippen molar-refractivity contribution in [1.29, 1.82) is 5.26 Å². The molecule has 0 radical (unpaired) electrons. The van der Waals surface area contributed by atoms with Gasteiger partial charge in [-0.05, 0) is 37.3 Å². The molecule has 142 valence electrons. The molecule has 0 atom stereocenters. The Morgan fingerprint density at radius 1 is 1.00 bits per heavy atom. The SMILES string of the molecule is Cc1c(F)c(Oc2cccc(C#N)c2)nc(-c2ccc(C(F)(F)F)cc2)c1F. The van der Waals surface area contributed by atoms with Crippen LogP contribution in [0.4, 0.5) is 22.0 Å². The van der Waals surface area contributed by atoms with Crippen molar-refractivity contribution in [1.82, 2.24) is 4.98 Å². The molecule has 28 heavy (non-hydrogen) atoms. The van der Waals surface area contributed by atoms with Crippen molar-refractivity contribution in [2.75, 3.05) is 0 Å². The van der Waals surface area contributed by atoms with Crippen LogP contribution < -0.4 is 4.74 Å². The first kappa shape index (κ1) is 19.3. The maximum absolute atomic E-state index is 14.5. The summed E-state index contributed by atoms with van der Waals surface area (Å²) in [4.78, 5) is 3.81. The van der Waals surface area contributed by atoms with Crippen LogP contribution in [0.5, 0.6) is 11.6 Å². The number of hydrogen-bond donors (Lipinski definition) is 0. The second kappa shape index (κ2) is 7.27. The lowest BCUT2D eigenvalue weighted by molar-refractivity contribution is -0.137. The number of nitrogens with zero attached hydrogens (tertiary/aromatic N) is 2. The van der Waals surface area contributed by atoms with Crippen LogP contribution in [-0.2, 0) is 6.18 Å². The summed E-state index contributed by atoms with van der Waals surface area (Å²) in [6, 6.07) is 11.4. The van der Waals surface area contributed by atoms with Gasteiger partial charge in [-0.2, -0.15) is 18.4 Å². The summed E-state index contributed by atoms with van der Waals surface area (Å²) >= 11 is 0. The molecule has 0 fully saturated rings. The molecule has 0 aliphatic rings. The third kappa shape index (κ3) is 3.78. The fraction of sp³-hybridized carbons (Fsp3) is 0.100. The predicted molar refractivity (Wildman–Crippen MR) is 90.6 cm³/mol. The van der Waals surface area contributed by atoms with Crippen LogP contribution >= 0.6 is 0 Å². The molecule has 8 heteroatoms. The van der Waals surface area contributed by atoms with E-state index in [0.717, 1.165) is 24.3 Å². The molecule has 3 rings (SSSR count).